The lowest BCUT2D eigenvalue weighted by atomic mass is 9.76. The molecular formula is C21H32BNO4. The van der Waals surface area contributed by atoms with E-state index in [0.29, 0.717) is 6.54 Å². The Morgan fingerprint density at radius 3 is 2.15 bits per heavy atom. The number of carbonyl (C=O) groups is 1. The average Bonchev–Trinajstić information content (AvgIpc) is 2.87. The summed E-state index contributed by atoms with van der Waals surface area (Å²) in [7, 11) is -0.410. The van der Waals surface area contributed by atoms with Crippen molar-refractivity contribution in [2.75, 3.05) is 0 Å². The van der Waals surface area contributed by atoms with Crippen LogP contribution >= 0.6 is 0 Å². The molecule has 0 radical (unpaired) electrons. The van der Waals surface area contributed by atoms with Gasteiger partial charge >= 0.3 is 13.2 Å². The van der Waals surface area contributed by atoms with Crippen LogP contribution in [0.2, 0.25) is 0 Å². The van der Waals surface area contributed by atoms with Gasteiger partial charge in [0, 0.05) is 0 Å². The van der Waals surface area contributed by atoms with Crippen molar-refractivity contribution >= 4 is 18.7 Å². The van der Waals surface area contributed by atoms with Gasteiger partial charge in [-0.05, 0) is 78.9 Å². The largest absolute Gasteiger partial charge is 0.494 e. The molecule has 0 saturated carbocycles. The number of hydrogen-bond donors (Lipinski definition) is 0. The number of benzene rings is 1. The monoisotopic (exact) mass is 373 g/mol. The molecule has 148 valence electrons. The second kappa shape index (κ2) is 5.98. The molecule has 1 aromatic carbocycles. The molecule has 0 atom stereocenters. The fourth-order valence-corrected chi connectivity index (χ4v) is 3.55. The fraction of sp³-hybridized carbons (Fsp3) is 0.667. The first-order valence-corrected chi connectivity index (χ1v) is 9.64. The summed E-state index contributed by atoms with van der Waals surface area (Å²) in [6.45, 7) is 18.5. The number of nitrogens with zero attached hydrogens (tertiary/aromatic N) is 1. The van der Waals surface area contributed by atoms with E-state index in [2.05, 4.69) is 53.7 Å². The number of rotatable bonds is 1. The molecule has 1 fully saturated rings. The molecule has 0 bridgehead atoms. The molecule has 1 amide bonds. The minimum absolute atomic E-state index is 0.291. The molecular weight excluding hydrogens is 341 g/mol. The van der Waals surface area contributed by atoms with Crippen LogP contribution in [-0.4, -0.2) is 34.9 Å². The van der Waals surface area contributed by atoms with Gasteiger partial charge in [-0.3, -0.25) is 4.90 Å². The van der Waals surface area contributed by atoms with Crippen molar-refractivity contribution in [3.05, 3.63) is 29.3 Å². The van der Waals surface area contributed by atoms with Crippen LogP contribution in [0.25, 0.3) is 0 Å². The van der Waals surface area contributed by atoms with Crippen LogP contribution in [0, 0.1) is 0 Å². The van der Waals surface area contributed by atoms with Crippen molar-refractivity contribution in [2.45, 2.75) is 91.2 Å². The molecule has 5 nitrogen and oxygen atoms in total. The second-order valence-corrected chi connectivity index (χ2v) is 10.1. The van der Waals surface area contributed by atoms with Gasteiger partial charge in [0.05, 0.1) is 23.3 Å². The summed E-state index contributed by atoms with van der Waals surface area (Å²) in [6.07, 6.45) is -0.291. The number of ether oxygens (including phenoxy) is 1. The molecule has 0 aromatic heterocycles. The van der Waals surface area contributed by atoms with Gasteiger partial charge in [-0.1, -0.05) is 18.2 Å². The van der Waals surface area contributed by atoms with E-state index in [-0.39, 0.29) is 17.3 Å². The molecule has 1 saturated heterocycles. The summed E-state index contributed by atoms with van der Waals surface area (Å²) >= 11 is 0. The first-order chi connectivity index (χ1) is 12.1. The van der Waals surface area contributed by atoms with Crippen LogP contribution in [-0.2, 0) is 26.1 Å². The highest BCUT2D eigenvalue weighted by molar-refractivity contribution is 6.62. The molecule has 3 rings (SSSR count). The zero-order valence-electron chi connectivity index (χ0n) is 18.1. The molecule has 0 unspecified atom stereocenters. The summed E-state index contributed by atoms with van der Waals surface area (Å²) in [5, 5.41) is 0. The van der Waals surface area contributed by atoms with Crippen molar-refractivity contribution in [1.29, 1.82) is 0 Å². The highest BCUT2D eigenvalue weighted by atomic mass is 16.7. The maximum absolute atomic E-state index is 12.7. The minimum atomic E-state index is -0.518. The molecule has 0 spiro atoms. The molecule has 0 N–H and O–H groups in total. The van der Waals surface area contributed by atoms with Gasteiger partial charge < -0.3 is 14.0 Å². The van der Waals surface area contributed by atoms with Crippen LogP contribution in [0.15, 0.2) is 18.2 Å². The topological polar surface area (TPSA) is 48.0 Å². The standard InChI is InChI=1S/C21H32BNO4/c1-18(2,3)25-17(24)23-13-14-10-11-15(12-16(14)19(23,4)5)22-26-20(6,7)21(8,9)27-22/h10-12H,13H2,1-9H3. The predicted molar refractivity (Wildman–Crippen MR) is 107 cm³/mol. The Labute approximate surface area is 163 Å². The van der Waals surface area contributed by atoms with Gasteiger partial charge in [0.2, 0.25) is 0 Å². The third-order valence-corrected chi connectivity index (χ3v) is 5.94. The van der Waals surface area contributed by atoms with E-state index < -0.39 is 18.3 Å². The average molecular weight is 373 g/mol. The Morgan fingerprint density at radius 2 is 1.63 bits per heavy atom. The molecule has 2 aliphatic rings. The lowest BCUT2D eigenvalue weighted by Crippen LogP contribution is -2.43. The SMILES string of the molecule is CC(C)(C)OC(=O)N1Cc2ccc(B3OC(C)(C)C(C)(C)O3)cc2C1(C)C. The Kier molecular flexibility index (Phi) is 4.48. The van der Waals surface area contributed by atoms with Gasteiger partial charge in [0.15, 0.2) is 0 Å². The Balaban J connectivity index is 1.88. The quantitative estimate of drug-likeness (QED) is 0.699. The van der Waals surface area contributed by atoms with Gasteiger partial charge in [-0.15, -0.1) is 0 Å². The van der Waals surface area contributed by atoms with Crippen LogP contribution in [0.3, 0.4) is 0 Å². The molecule has 2 aliphatic heterocycles. The fourth-order valence-electron chi connectivity index (χ4n) is 3.55. The Bertz CT molecular complexity index is 748. The van der Waals surface area contributed by atoms with E-state index in [9.17, 15) is 4.79 Å². The third-order valence-electron chi connectivity index (χ3n) is 5.94. The first-order valence-electron chi connectivity index (χ1n) is 9.64. The zero-order chi connectivity index (χ0) is 20.4. The minimum Gasteiger partial charge on any atom is -0.444 e. The number of amides is 1. The van der Waals surface area contributed by atoms with Crippen molar-refractivity contribution in [2.24, 2.45) is 0 Å². The lowest BCUT2D eigenvalue weighted by molar-refractivity contribution is 0.00520. The van der Waals surface area contributed by atoms with Crippen molar-refractivity contribution in [3.63, 3.8) is 0 Å². The maximum Gasteiger partial charge on any atom is 0.494 e. The van der Waals surface area contributed by atoms with E-state index >= 15 is 0 Å². The van der Waals surface area contributed by atoms with E-state index in [4.69, 9.17) is 14.0 Å². The number of fused-ring (bicyclic) bond motifs is 1. The smallest absolute Gasteiger partial charge is 0.444 e. The molecule has 1 aromatic rings. The van der Waals surface area contributed by atoms with E-state index in [0.717, 1.165) is 16.6 Å². The van der Waals surface area contributed by atoms with Gasteiger partial charge in [0.25, 0.3) is 0 Å². The summed E-state index contributed by atoms with van der Waals surface area (Å²) in [5.74, 6) is 0. The lowest BCUT2D eigenvalue weighted by Gasteiger charge is -2.34. The van der Waals surface area contributed by atoms with Crippen molar-refractivity contribution < 1.29 is 18.8 Å². The summed E-state index contributed by atoms with van der Waals surface area (Å²) in [5.41, 5.74) is 1.48. The predicted octanol–water partition coefficient (Wildman–Crippen LogP) is 3.97. The molecule has 2 heterocycles. The molecule has 0 aliphatic carbocycles. The van der Waals surface area contributed by atoms with Crippen LogP contribution in [0.5, 0.6) is 0 Å². The van der Waals surface area contributed by atoms with E-state index in [1.165, 1.54) is 0 Å². The zero-order valence-corrected chi connectivity index (χ0v) is 18.1. The summed E-state index contributed by atoms with van der Waals surface area (Å²) < 4.78 is 18.0. The van der Waals surface area contributed by atoms with Gasteiger partial charge in [-0.25, -0.2) is 4.79 Å². The maximum atomic E-state index is 12.7. The third kappa shape index (κ3) is 3.50. The first kappa shape index (κ1) is 20.2. The molecule has 6 heteroatoms. The van der Waals surface area contributed by atoms with E-state index in [1.807, 2.05) is 26.8 Å². The van der Waals surface area contributed by atoms with Crippen LogP contribution < -0.4 is 5.46 Å². The molecule has 27 heavy (non-hydrogen) atoms. The summed E-state index contributed by atoms with van der Waals surface area (Å²) in [4.78, 5) is 14.5. The van der Waals surface area contributed by atoms with Gasteiger partial charge in [-0.2, -0.15) is 0 Å². The Hall–Kier alpha value is -1.53. The van der Waals surface area contributed by atoms with Crippen molar-refractivity contribution in [3.8, 4) is 0 Å². The van der Waals surface area contributed by atoms with Crippen molar-refractivity contribution in [1.82, 2.24) is 4.90 Å². The normalized spacial score (nSPS) is 22.7. The van der Waals surface area contributed by atoms with Crippen LogP contribution in [0.4, 0.5) is 4.79 Å². The number of carbonyl (C=O) groups excluding carboxylic acids is 1. The highest BCUT2D eigenvalue weighted by Crippen LogP contribution is 2.40. The van der Waals surface area contributed by atoms with Crippen LogP contribution in [0.1, 0.15) is 73.4 Å². The second-order valence-electron chi connectivity index (χ2n) is 10.1. The van der Waals surface area contributed by atoms with E-state index in [1.54, 1.807) is 4.90 Å². The summed E-state index contributed by atoms with van der Waals surface area (Å²) in [6, 6.07) is 6.22. The van der Waals surface area contributed by atoms with Gasteiger partial charge in [0.1, 0.15) is 5.60 Å². The Morgan fingerprint density at radius 1 is 1.07 bits per heavy atom. The number of hydrogen-bond acceptors (Lipinski definition) is 4. The highest BCUT2D eigenvalue weighted by Gasteiger charge is 2.52.